The van der Waals surface area contributed by atoms with E-state index in [1.165, 1.54) is 0 Å². The molecule has 6 nitrogen and oxygen atoms in total. The normalized spacial score (nSPS) is 21.7. The van der Waals surface area contributed by atoms with Crippen LogP contribution < -0.4 is 5.32 Å². The number of nitrogens with zero attached hydrogens (tertiary/aromatic N) is 2. The first-order valence-corrected chi connectivity index (χ1v) is 11.1. The van der Waals surface area contributed by atoms with Crippen LogP contribution in [-0.4, -0.2) is 52.7 Å². The van der Waals surface area contributed by atoms with Crippen molar-refractivity contribution in [3.8, 4) is 0 Å². The van der Waals surface area contributed by atoms with Gasteiger partial charge in [-0.25, -0.2) is 0 Å². The van der Waals surface area contributed by atoms with E-state index in [-0.39, 0.29) is 23.8 Å². The summed E-state index contributed by atoms with van der Waals surface area (Å²) in [5.41, 5.74) is 1.62. The topological polar surface area (TPSA) is 69.7 Å². The maximum atomic E-state index is 13.4. The van der Waals surface area contributed by atoms with Crippen molar-refractivity contribution in [3.63, 3.8) is 0 Å². The van der Waals surface area contributed by atoms with E-state index < -0.39 is 12.1 Å². The van der Waals surface area contributed by atoms with Crippen molar-refractivity contribution < 1.29 is 14.4 Å². The van der Waals surface area contributed by atoms with Gasteiger partial charge in [0.05, 0.1) is 6.04 Å². The molecule has 31 heavy (non-hydrogen) atoms. The number of hydrogen-bond donors (Lipinski definition) is 1. The summed E-state index contributed by atoms with van der Waals surface area (Å²) in [5, 5.41) is 3.06. The molecule has 2 aromatic carbocycles. The highest BCUT2D eigenvalue weighted by atomic mass is 16.2. The number of rotatable bonds is 5. The third-order valence-corrected chi connectivity index (χ3v) is 6.32. The number of carbonyl (C=O) groups is 3. The zero-order chi connectivity index (χ0) is 21.8. The molecule has 2 fully saturated rings. The Morgan fingerprint density at radius 3 is 2.10 bits per heavy atom. The van der Waals surface area contributed by atoms with Crippen molar-refractivity contribution in [1.29, 1.82) is 0 Å². The number of amides is 3. The molecule has 0 radical (unpaired) electrons. The van der Waals surface area contributed by atoms with E-state index in [9.17, 15) is 14.4 Å². The van der Waals surface area contributed by atoms with Gasteiger partial charge in [0.15, 0.2) is 0 Å². The summed E-state index contributed by atoms with van der Waals surface area (Å²) in [6.45, 7) is 3.08. The fourth-order valence-electron chi connectivity index (χ4n) is 4.64. The number of likely N-dealkylation sites (tertiary alicyclic amines) is 2. The molecule has 0 aromatic heterocycles. The fraction of sp³-hybridized carbons (Fsp3) is 0.400. The van der Waals surface area contributed by atoms with E-state index in [1.54, 1.807) is 21.9 Å². The largest absolute Gasteiger partial charge is 0.348 e. The lowest BCUT2D eigenvalue weighted by atomic mass is 10.1. The van der Waals surface area contributed by atoms with E-state index in [1.807, 2.05) is 55.5 Å². The average Bonchev–Trinajstić information content (AvgIpc) is 3.49. The molecule has 0 saturated carbocycles. The molecule has 2 aliphatic heterocycles. The minimum Gasteiger partial charge on any atom is -0.348 e. The average molecular weight is 420 g/mol. The summed E-state index contributed by atoms with van der Waals surface area (Å²) in [6.07, 6.45) is 2.88. The van der Waals surface area contributed by atoms with Crippen LogP contribution in [-0.2, 0) is 9.59 Å². The zero-order valence-electron chi connectivity index (χ0n) is 17.9. The smallest absolute Gasteiger partial charge is 0.254 e. The van der Waals surface area contributed by atoms with Crippen LogP contribution in [0.2, 0.25) is 0 Å². The number of nitrogens with one attached hydrogen (secondary N) is 1. The first-order chi connectivity index (χ1) is 15.1. The maximum absolute atomic E-state index is 13.4. The number of carbonyl (C=O) groups excluding carboxylic acids is 3. The van der Waals surface area contributed by atoms with E-state index in [2.05, 4.69) is 5.32 Å². The maximum Gasteiger partial charge on any atom is 0.254 e. The van der Waals surface area contributed by atoms with E-state index >= 15 is 0 Å². The molecule has 0 spiro atoms. The summed E-state index contributed by atoms with van der Waals surface area (Å²) in [6, 6.07) is 17.8. The first-order valence-electron chi connectivity index (χ1n) is 11.1. The van der Waals surface area contributed by atoms with E-state index in [0.717, 1.165) is 18.4 Å². The second-order valence-corrected chi connectivity index (χ2v) is 8.35. The lowest BCUT2D eigenvalue weighted by Gasteiger charge is -2.31. The summed E-state index contributed by atoms with van der Waals surface area (Å²) in [4.78, 5) is 42.8. The molecule has 3 atom stereocenters. The van der Waals surface area contributed by atoms with Gasteiger partial charge in [-0.2, -0.15) is 0 Å². The SMILES string of the molecule is C[C@@H](NC(=O)[C@@H]1CCCN1C(=O)[C@@H]1CCCN1C(=O)c1ccccc1)c1ccccc1. The van der Waals surface area contributed by atoms with Gasteiger partial charge in [0.1, 0.15) is 12.1 Å². The Balaban J connectivity index is 1.44. The van der Waals surface area contributed by atoms with Crippen molar-refractivity contribution in [2.24, 2.45) is 0 Å². The predicted octanol–water partition coefficient (Wildman–Crippen LogP) is 3.16. The molecule has 2 aliphatic rings. The Labute approximate surface area is 183 Å². The highest BCUT2D eigenvalue weighted by Crippen LogP contribution is 2.27. The third-order valence-electron chi connectivity index (χ3n) is 6.32. The third kappa shape index (κ3) is 4.48. The van der Waals surface area contributed by atoms with Gasteiger partial charge >= 0.3 is 0 Å². The Kier molecular flexibility index (Phi) is 6.35. The van der Waals surface area contributed by atoms with Crippen LogP contribution in [0.5, 0.6) is 0 Å². The van der Waals surface area contributed by atoms with Gasteiger partial charge in [-0.05, 0) is 50.3 Å². The molecular formula is C25H29N3O3. The second kappa shape index (κ2) is 9.33. The van der Waals surface area contributed by atoms with Crippen LogP contribution in [0.15, 0.2) is 60.7 Å². The minimum atomic E-state index is -0.493. The highest BCUT2D eigenvalue weighted by molar-refractivity contribution is 5.99. The molecule has 4 rings (SSSR count). The molecule has 0 unspecified atom stereocenters. The van der Waals surface area contributed by atoms with Crippen molar-refractivity contribution in [1.82, 2.24) is 15.1 Å². The summed E-state index contributed by atoms with van der Waals surface area (Å²) >= 11 is 0. The van der Waals surface area contributed by atoms with Crippen LogP contribution in [0.1, 0.15) is 54.6 Å². The van der Waals surface area contributed by atoms with Gasteiger partial charge in [-0.15, -0.1) is 0 Å². The van der Waals surface area contributed by atoms with Crippen LogP contribution >= 0.6 is 0 Å². The molecule has 3 amide bonds. The Morgan fingerprint density at radius 2 is 1.42 bits per heavy atom. The van der Waals surface area contributed by atoms with Gasteiger partial charge < -0.3 is 15.1 Å². The second-order valence-electron chi connectivity index (χ2n) is 8.35. The standard InChI is InChI=1S/C25H29N3O3/c1-18(19-10-4-2-5-11-19)26-23(29)21-14-8-16-27(21)25(31)22-15-9-17-28(22)24(30)20-12-6-3-7-13-20/h2-7,10-13,18,21-22H,8-9,14-17H2,1H3,(H,26,29)/t18-,21+,22+/m1/s1. The van der Waals surface area contributed by atoms with Crippen molar-refractivity contribution in [2.45, 2.75) is 50.7 Å². The lowest BCUT2D eigenvalue weighted by Crippen LogP contribution is -2.53. The fourth-order valence-corrected chi connectivity index (χ4v) is 4.64. The molecule has 2 heterocycles. The molecule has 162 valence electrons. The van der Waals surface area contributed by atoms with E-state index in [4.69, 9.17) is 0 Å². The van der Waals surface area contributed by atoms with Gasteiger partial charge in [-0.3, -0.25) is 14.4 Å². The molecule has 2 aromatic rings. The first kappa shape index (κ1) is 21.1. The lowest BCUT2D eigenvalue weighted by molar-refractivity contribution is -0.141. The molecule has 2 saturated heterocycles. The number of benzene rings is 2. The molecule has 1 N–H and O–H groups in total. The summed E-state index contributed by atoms with van der Waals surface area (Å²) in [7, 11) is 0. The van der Waals surface area contributed by atoms with Gasteiger partial charge in [0.2, 0.25) is 11.8 Å². The summed E-state index contributed by atoms with van der Waals surface area (Å²) in [5.74, 6) is -0.345. The van der Waals surface area contributed by atoms with Gasteiger partial charge in [0.25, 0.3) is 5.91 Å². The van der Waals surface area contributed by atoms with E-state index in [0.29, 0.717) is 31.5 Å². The molecule has 0 bridgehead atoms. The van der Waals surface area contributed by atoms with Crippen LogP contribution in [0.4, 0.5) is 0 Å². The van der Waals surface area contributed by atoms with Crippen molar-refractivity contribution in [2.75, 3.05) is 13.1 Å². The molecular weight excluding hydrogens is 390 g/mol. The molecule has 6 heteroatoms. The Hall–Kier alpha value is -3.15. The highest BCUT2D eigenvalue weighted by Gasteiger charge is 2.42. The molecule has 0 aliphatic carbocycles. The summed E-state index contributed by atoms with van der Waals surface area (Å²) < 4.78 is 0. The minimum absolute atomic E-state index is 0.105. The predicted molar refractivity (Wildman–Crippen MR) is 118 cm³/mol. The number of hydrogen-bond acceptors (Lipinski definition) is 3. The zero-order valence-corrected chi connectivity index (χ0v) is 17.9. The quantitative estimate of drug-likeness (QED) is 0.809. The Bertz CT molecular complexity index is 932. The monoisotopic (exact) mass is 419 g/mol. The van der Waals surface area contributed by atoms with Crippen LogP contribution in [0.3, 0.4) is 0 Å². The van der Waals surface area contributed by atoms with Crippen LogP contribution in [0.25, 0.3) is 0 Å². The van der Waals surface area contributed by atoms with Crippen molar-refractivity contribution >= 4 is 17.7 Å². The van der Waals surface area contributed by atoms with Gasteiger partial charge in [0, 0.05) is 18.7 Å². The van der Waals surface area contributed by atoms with Crippen LogP contribution in [0, 0.1) is 0 Å². The van der Waals surface area contributed by atoms with Gasteiger partial charge in [-0.1, -0.05) is 48.5 Å². The van der Waals surface area contributed by atoms with Crippen molar-refractivity contribution in [3.05, 3.63) is 71.8 Å². The Morgan fingerprint density at radius 1 is 0.839 bits per heavy atom.